The Hall–Kier alpha value is -3.60. The fourth-order valence-electron chi connectivity index (χ4n) is 3.53. The zero-order valence-electron chi connectivity index (χ0n) is 17.6. The maximum atomic E-state index is 13.2. The molecule has 31 heavy (non-hydrogen) atoms. The van der Waals surface area contributed by atoms with Crippen molar-refractivity contribution in [3.63, 3.8) is 0 Å². The van der Waals surface area contributed by atoms with Crippen LogP contribution in [0.2, 0.25) is 0 Å². The van der Waals surface area contributed by atoms with E-state index >= 15 is 0 Å². The zero-order chi connectivity index (χ0) is 21.8. The van der Waals surface area contributed by atoms with Gasteiger partial charge in [0.1, 0.15) is 5.82 Å². The predicted molar refractivity (Wildman–Crippen MR) is 122 cm³/mol. The first-order valence-corrected chi connectivity index (χ1v) is 10.4. The summed E-state index contributed by atoms with van der Waals surface area (Å²) in [4.78, 5) is 21.9. The van der Waals surface area contributed by atoms with E-state index in [1.54, 1.807) is 18.3 Å². The van der Waals surface area contributed by atoms with Crippen molar-refractivity contribution in [2.75, 3.05) is 5.32 Å². The van der Waals surface area contributed by atoms with Gasteiger partial charge >= 0.3 is 0 Å². The van der Waals surface area contributed by atoms with Gasteiger partial charge in [-0.25, -0.2) is 14.4 Å². The molecule has 1 amide bonds. The summed E-state index contributed by atoms with van der Waals surface area (Å²) in [6, 6.07) is 20.3. The summed E-state index contributed by atoms with van der Waals surface area (Å²) >= 11 is 0. The third kappa shape index (κ3) is 5.12. The highest BCUT2D eigenvalue weighted by Gasteiger charge is 2.14. The number of carbonyl (C=O) groups is 1. The topological polar surface area (TPSA) is 54.9 Å². The Labute approximate surface area is 181 Å². The van der Waals surface area contributed by atoms with Gasteiger partial charge in [0.25, 0.3) is 0 Å². The highest BCUT2D eigenvalue weighted by Crippen LogP contribution is 2.22. The molecule has 1 N–H and O–H groups in total. The number of amides is 1. The molecular weight excluding hydrogens is 389 g/mol. The van der Waals surface area contributed by atoms with Gasteiger partial charge in [0, 0.05) is 5.56 Å². The summed E-state index contributed by atoms with van der Waals surface area (Å²) < 4.78 is 13.2. The SMILES string of the molecule is CC(C)Cc1nc(-c2ccc(F)cc2)cnc1NC(=O)Cc1ccc2ccccc2c1. The second kappa shape index (κ2) is 9.04. The first kappa shape index (κ1) is 20.7. The molecule has 1 aromatic heterocycles. The van der Waals surface area contributed by atoms with Crippen LogP contribution in [0.3, 0.4) is 0 Å². The number of fused-ring (bicyclic) bond motifs is 1. The summed E-state index contributed by atoms with van der Waals surface area (Å²) in [7, 11) is 0. The first-order chi connectivity index (χ1) is 15.0. The van der Waals surface area contributed by atoms with Crippen LogP contribution in [0.15, 0.2) is 72.9 Å². The van der Waals surface area contributed by atoms with E-state index in [2.05, 4.69) is 30.2 Å². The van der Waals surface area contributed by atoms with E-state index in [-0.39, 0.29) is 18.1 Å². The van der Waals surface area contributed by atoms with E-state index in [0.29, 0.717) is 23.9 Å². The van der Waals surface area contributed by atoms with Crippen LogP contribution in [-0.4, -0.2) is 15.9 Å². The minimum absolute atomic E-state index is 0.135. The van der Waals surface area contributed by atoms with E-state index in [0.717, 1.165) is 27.6 Å². The molecule has 0 saturated carbocycles. The van der Waals surface area contributed by atoms with Crippen molar-refractivity contribution in [1.82, 2.24) is 9.97 Å². The van der Waals surface area contributed by atoms with Gasteiger partial charge in [-0.3, -0.25) is 4.79 Å². The number of anilines is 1. The lowest BCUT2D eigenvalue weighted by Gasteiger charge is -2.13. The number of benzene rings is 3. The van der Waals surface area contributed by atoms with Gasteiger partial charge in [-0.15, -0.1) is 0 Å². The number of hydrogen-bond acceptors (Lipinski definition) is 3. The molecule has 0 aliphatic carbocycles. The van der Waals surface area contributed by atoms with Crippen molar-refractivity contribution in [1.29, 1.82) is 0 Å². The maximum Gasteiger partial charge on any atom is 0.229 e. The van der Waals surface area contributed by atoms with Crippen molar-refractivity contribution >= 4 is 22.5 Å². The van der Waals surface area contributed by atoms with Gasteiger partial charge in [0.05, 0.1) is 24.0 Å². The van der Waals surface area contributed by atoms with Crippen LogP contribution in [-0.2, 0) is 17.6 Å². The van der Waals surface area contributed by atoms with Crippen molar-refractivity contribution in [3.8, 4) is 11.3 Å². The Morgan fingerprint density at radius 2 is 1.74 bits per heavy atom. The molecule has 4 aromatic rings. The van der Waals surface area contributed by atoms with E-state index < -0.39 is 0 Å². The molecule has 0 radical (unpaired) electrons. The number of nitrogens with one attached hydrogen (secondary N) is 1. The van der Waals surface area contributed by atoms with Gasteiger partial charge < -0.3 is 5.32 Å². The van der Waals surface area contributed by atoms with Crippen LogP contribution >= 0.6 is 0 Å². The Morgan fingerprint density at radius 1 is 1.00 bits per heavy atom. The fraction of sp³-hybridized carbons (Fsp3) is 0.192. The third-order valence-electron chi connectivity index (χ3n) is 5.02. The van der Waals surface area contributed by atoms with E-state index in [1.807, 2.05) is 36.4 Å². The van der Waals surface area contributed by atoms with Crippen LogP contribution in [0.1, 0.15) is 25.1 Å². The molecule has 0 bridgehead atoms. The lowest BCUT2D eigenvalue weighted by Crippen LogP contribution is -2.18. The molecule has 0 unspecified atom stereocenters. The molecule has 3 aromatic carbocycles. The monoisotopic (exact) mass is 413 g/mol. The van der Waals surface area contributed by atoms with Crippen molar-refractivity contribution in [2.45, 2.75) is 26.7 Å². The number of aromatic nitrogens is 2. The Morgan fingerprint density at radius 3 is 2.48 bits per heavy atom. The molecule has 0 saturated heterocycles. The highest BCUT2D eigenvalue weighted by molar-refractivity contribution is 5.93. The van der Waals surface area contributed by atoms with Crippen LogP contribution in [0.25, 0.3) is 22.0 Å². The summed E-state index contributed by atoms with van der Waals surface area (Å²) in [6.45, 7) is 4.18. The average Bonchev–Trinajstić information content (AvgIpc) is 2.75. The second-order valence-corrected chi connectivity index (χ2v) is 8.06. The van der Waals surface area contributed by atoms with Gasteiger partial charge in [-0.2, -0.15) is 0 Å². The molecule has 0 aliphatic rings. The lowest BCUT2D eigenvalue weighted by atomic mass is 10.0. The van der Waals surface area contributed by atoms with Crippen molar-refractivity contribution in [2.24, 2.45) is 5.92 Å². The highest BCUT2D eigenvalue weighted by atomic mass is 19.1. The minimum Gasteiger partial charge on any atom is -0.309 e. The van der Waals surface area contributed by atoms with Crippen LogP contribution in [0.5, 0.6) is 0 Å². The third-order valence-corrected chi connectivity index (χ3v) is 5.02. The lowest BCUT2D eigenvalue weighted by molar-refractivity contribution is -0.115. The summed E-state index contributed by atoms with van der Waals surface area (Å²) in [6.07, 6.45) is 2.55. The summed E-state index contributed by atoms with van der Waals surface area (Å²) in [5.74, 6) is 0.389. The zero-order valence-corrected chi connectivity index (χ0v) is 17.6. The molecule has 4 rings (SSSR count). The Bertz CT molecular complexity index is 1220. The largest absolute Gasteiger partial charge is 0.309 e. The number of halogens is 1. The van der Waals surface area contributed by atoms with E-state index in [4.69, 9.17) is 4.98 Å². The molecule has 1 heterocycles. The molecule has 0 fully saturated rings. The van der Waals surface area contributed by atoms with Crippen LogP contribution in [0, 0.1) is 11.7 Å². The predicted octanol–water partition coefficient (Wildman–Crippen LogP) is 5.82. The molecule has 4 nitrogen and oxygen atoms in total. The van der Waals surface area contributed by atoms with Crippen LogP contribution < -0.4 is 5.32 Å². The molecule has 5 heteroatoms. The summed E-state index contributed by atoms with van der Waals surface area (Å²) in [5, 5.41) is 5.18. The van der Waals surface area contributed by atoms with Gasteiger partial charge in [-0.1, -0.05) is 56.3 Å². The second-order valence-electron chi connectivity index (χ2n) is 8.06. The normalized spacial score (nSPS) is 11.1. The molecule has 0 aliphatic heterocycles. The number of carbonyl (C=O) groups excluding carboxylic acids is 1. The Kier molecular flexibility index (Phi) is 6.03. The molecular formula is C26H24FN3O. The standard InChI is InChI=1S/C26H24FN3O/c1-17(2)13-23-26(28-16-24(29-23)20-9-11-22(27)12-10-20)30-25(31)15-18-7-8-19-5-3-4-6-21(19)14-18/h3-12,14,16-17H,13,15H2,1-2H3,(H,28,30,31). The Balaban J connectivity index is 1.55. The van der Waals surface area contributed by atoms with Gasteiger partial charge in [0.15, 0.2) is 5.82 Å². The number of nitrogens with zero attached hydrogens (tertiary/aromatic N) is 2. The first-order valence-electron chi connectivity index (χ1n) is 10.4. The number of rotatable bonds is 6. The minimum atomic E-state index is -0.295. The van der Waals surface area contributed by atoms with Crippen molar-refractivity contribution < 1.29 is 9.18 Å². The van der Waals surface area contributed by atoms with E-state index in [9.17, 15) is 9.18 Å². The van der Waals surface area contributed by atoms with E-state index in [1.165, 1.54) is 12.1 Å². The summed E-state index contributed by atoms with van der Waals surface area (Å²) in [5.41, 5.74) is 3.11. The molecule has 0 spiro atoms. The molecule has 0 atom stereocenters. The van der Waals surface area contributed by atoms with Crippen LogP contribution in [0.4, 0.5) is 10.2 Å². The molecule has 156 valence electrons. The van der Waals surface area contributed by atoms with Crippen molar-refractivity contribution in [3.05, 3.63) is 90.0 Å². The average molecular weight is 413 g/mol. The van der Waals surface area contributed by atoms with Gasteiger partial charge in [-0.05, 0) is 52.9 Å². The number of hydrogen-bond donors (Lipinski definition) is 1. The maximum absolute atomic E-state index is 13.2. The smallest absolute Gasteiger partial charge is 0.229 e. The van der Waals surface area contributed by atoms with Gasteiger partial charge in [0.2, 0.25) is 5.91 Å². The fourth-order valence-corrected chi connectivity index (χ4v) is 3.53. The quantitative estimate of drug-likeness (QED) is 0.434.